The summed E-state index contributed by atoms with van der Waals surface area (Å²) in [6, 6.07) is 6.86. The van der Waals surface area contributed by atoms with Crippen LogP contribution < -0.4 is 5.32 Å². The van der Waals surface area contributed by atoms with Crippen molar-refractivity contribution in [2.75, 3.05) is 5.32 Å². The van der Waals surface area contributed by atoms with Gasteiger partial charge in [-0.05, 0) is 103 Å². The molecule has 7 unspecified atom stereocenters. The molecule has 4 aliphatic rings. The van der Waals surface area contributed by atoms with Gasteiger partial charge in [-0.15, -0.1) is 0 Å². The molecule has 0 bridgehead atoms. The summed E-state index contributed by atoms with van der Waals surface area (Å²) in [7, 11) is 0. The second kappa shape index (κ2) is 10.6. The summed E-state index contributed by atoms with van der Waals surface area (Å²) in [5.74, 6) is 4.96. The highest BCUT2D eigenvalue weighted by molar-refractivity contribution is 7.16. The molecule has 2 aromatic rings. The number of hydrogen-bond acceptors (Lipinski definition) is 5. The fourth-order valence-electron chi connectivity index (χ4n) is 9.81. The monoisotopic (exact) mass is 561 g/mol. The molecule has 1 aromatic carbocycles. The fraction of sp³-hybridized carbons (Fsp3) is 0.676. The van der Waals surface area contributed by atoms with Gasteiger partial charge in [0.25, 0.3) is 5.69 Å². The van der Waals surface area contributed by atoms with Gasteiger partial charge in [-0.3, -0.25) is 10.1 Å². The van der Waals surface area contributed by atoms with E-state index in [1.54, 1.807) is 29.5 Å². The van der Waals surface area contributed by atoms with Gasteiger partial charge in [0.15, 0.2) is 5.13 Å². The predicted octanol–water partition coefficient (Wildman–Crippen LogP) is 10.1. The Morgan fingerprint density at radius 1 is 1.10 bits per heavy atom. The molecule has 4 aliphatic carbocycles. The fourth-order valence-corrected chi connectivity index (χ4v) is 11.0. The molecule has 40 heavy (non-hydrogen) atoms. The van der Waals surface area contributed by atoms with Crippen molar-refractivity contribution >= 4 is 33.4 Å². The number of nitro groups is 1. The van der Waals surface area contributed by atoms with Crippen LogP contribution in [0.5, 0.6) is 0 Å². The molecule has 2 fully saturated rings. The van der Waals surface area contributed by atoms with Crippen molar-refractivity contribution in [3.05, 3.63) is 51.0 Å². The molecule has 5 nitrogen and oxygen atoms in total. The average Bonchev–Trinajstić information content (AvgIpc) is 3.48. The maximum absolute atomic E-state index is 11.5. The zero-order chi connectivity index (χ0) is 28.2. The summed E-state index contributed by atoms with van der Waals surface area (Å²) in [4.78, 5) is 17.5. The van der Waals surface area contributed by atoms with Crippen LogP contribution in [0, 0.1) is 56.5 Å². The Morgan fingerprint density at radius 3 is 2.67 bits per heavy atom. The van der Waals surface area contributed by atoms with Gasteiger partial charge in [-0.25, -0.2) is 4.98 Å². The van der Waals surface area contributed by atoms with E-state index < -0.39 is 0 Å². The minimum Gasteiger partial charge on any atom is -0.326 e. The molecule has 7 atom stereocenters. The van der Waals surface area contributed by atoms with Crippen LogP contribution in [-0.4, -0.2) is 9.91 Å². The lowest BCUT2D eigenvalue weighted by Crippen LogP contribution is -2.49. The Hall–Kier alpha value is -2.21. The van der Waals surface area contributed by atoms with Crippen LogP contribution in [0.2, 0.25) is 0 Å². The van der Waals surface area contributed by atoms with Crippen molar-refractivity contribution in [1.29, 1.82) is 0 Å². The van der Waals surface area contributed by atoms with Gasteiger partial charge < -0.3 is 5.32 Å². The van der Waals surface area contributed by atoms with Crippen LogP contribution in [0.3, 0.4) is 0 Å². The molecule has 216 valence electrons. The summed E-state index contributed by atoms with van der Waals surface area (Å²) < 4.78 is 0. The molecule has 0 radical (unpaired) electrons. The molecule has 0 amide bonds. The first-order valence-corrected chi connectivity index (χ1v) is 16.6. The van der Waals surface area contributed by atoms with E-state index in [0.29, 0.717) is 11.1 Å². The lowest BCUT2D eigenvalue weighted by atomic mass is 9.47. The van der Waals surface area contributed by atoms with Gasteiger partial charge >= 0.3 is 0 Å². The number of hydrogen-bond donors (Lipinski definition) is 1. The third kappa shape index (κ3) is 4.62. The Labute approximate surface area is 244 Å². The van der Waals surface area contributed by atoms with E-state index in [1.165, 1.54) is 73.9 Å². The van der Waals surface area contributed by atoms with E-state index in [1.807, 2.05) is 6.07 Å². The molecule has 0 saturated heterocycles. The number of para-hydroxylation sites is 2. The number of thiazole rings is 1. The van der Waals surface area contributed by atoms with E-state index >= 15 is 0 Å². The first-order chi connectivity index (χ1) is 19.1. The van der Waals surface area contributed by atoms with Gasteiger partial charge in [0.2, 0.25) is 0 Å². The number of anilines is 2. The lowest BCUT2D eigenvalue weighted by molar-refractivity contribution is -0.383. The van der Waals surface area contributed by atoms with Crippen LogP contribution >= 0.6 is 11.3 Å². The van der Waals surface area contributed by atoms with Gasteiger partial charge in [0.05, 0.1) is 15.5 Å². The molecule has 1 heterocycles. The van der Waals surface area contributed by atoms with Crippen molar-refractivity contribution < 1.29 is 4.92 Å². The van der Waals surface area contributed by atoms with E-state index in [4.69, 9.17) is 4.98 Å². The molecule has 1 aromatic heterocycles. The summed E-state index contributed by atoms with van der Waals surface area (Å²) in [6.07, 6.45) is 15.7. The lowest BCUT2D eigenvalue weighted by Gasteiger charge is -2.57. The van der Waals surface area contributed by atoms with E-state index in [9.17, 15) is 10.1 Å². The molecule has 2 saturated carbocycles. The molecular formula is C34H47N3O2S. The number of nitrogens with one attached hydrogen (secondary N) is 1. The van der Waals surface area contributed by atoms with Gasteiger partial charge in [0.1, 0.15) is 5.69 Å². The zero-order valence-corrected chi connectivity index (χ0v) is 25.9. The maximum Gasteiger partial charge on any atom is 0.292 e. The van der Waals surface area contributed by atoms with Crippen molar-refractivity contribution in [2.45, 2.75) is 98.8 Å². The third-order valence-corrected chi connectivity index (χ3v) is 12.9. The highest BCUT2D eigenvalue weighted by Gasteiger charge is 2.59. The Bertz CT molecular complexity index is 1300. The zero-order valence-electron chi connectivity index (χ0n) is 25.0. The summed E-state index contributed by atoms with van der Waals surface area (Å²) in [6.45, 7) is 12.5. The van der Waals surface area contributed by atoms with Crippen molar-refractivity contribution in [1.82, 2.24) is 4.98 Å². The quantitative estimate of drug-likeness (QED) is 0.257. The maximum atomic E-state index is 11.5. The van der Waals surface area contributed by atoms with Gasteiger partial charge in [0, 0.05) is 6.07 Å². The molecule has 6 heteroatoms. The van der Waals surface area contributed by atoms with E-state index in [2.05, 4.69) is 46.0 Å². The summed E-state index contributed by atoms with van der Waals surface area (Å²) in [5.41, 5.74) is 4.01. The molecule has 0 aliphatic heterocycles. The van der Waals surface area contributed by atoms with Gasteiger partial charge in [-0.2, -0.15) is 0 Å². The van der Waals surface area contributed by atoms with Crippen molar-refractivity contribution in [3.63, 3.8) is 0 Å². The number of benzene rings is 1. The smallest absolute Gasteiger partial charge is 0.292 e. The number of aryl methyl sites for hydroxylation is 1. The molecule has 0 spiro atoms. The largest absolute Gasteiger partial charge is 0.326 e. The normalized spacial score (nSPS) is 33.4. The number of fused-ring (bicyclic) bond motifs is 7. The van der Waals surface area contributed by atoms with Crippen LogP contribution in [0.15, 0.2) is 30.3 Å². The molecule has 6 rings (SSSR count). The Kier molecular flexibility index (Phi) is 7.38. The number of rotatable bonds is 8. The van der Waals surface area contributed by atoms with Crippen LogP contribution in [0.4, 0.5) is 16.5 Å². The van der Waals surface area contributed by atoms with Crippen molar-refractivity contribution in [2.24, 2.45) is 46.3 Å². The van der Waals surface area contributed by atoms with Crippen LogP contribution in [-0.2, 0) is 6.42 Å². The highest BCUT2D eigenvalue weighted by atomic mass is 32.1. The van der Waals surface area contributed by atoms with E-state index in [-0.39, 0.29) is 16.0 Å². The van der Waals surface area contributed by atoms with Gasteiger partial charge in [-0.1, -0.05) is 83.4 Å². The standard InChI is InChI=1S/C34H47N3O2S/c1-21(2)9-8-10-22(3)24-15-16-25-23-13-14-27-31-29(18-20-34(27,5)26(23)17-19-33(24,25)4)36-32(40-31)35-28-11-6-7-12-30(28)37(38)39/h6-7,11-12,14,21-26H,8-10,13,15-20H2,1-5H3,(H,35,36). The second-order valence-corrected chi connectivity index (χ2v) is 15.4. The summed E-state index contributed by atoms with van der Waals surface area (Å²) >= 11 is 1.69. The Morgan fingerprint density at radius 2 is 1.90 bits per heavy atom. The van der Waals surface area contributed by atoms with E-state index in [0.717, 1.165) is 47.1 Å². The molecular weight excluding hydrogens is 514 g/mol. The minimum absolute atomic E-state index is 0.0922. The Balaban J connectivity index is 1.22. The number of nitro benzene ring substituents is 1. The first-order valence-electron chi connectivity index (χ1n) is 15.8. The third-order valence-electron chi connectivity index (χ3n) is 11.8. The number of aromatic nitrogens is 1. The topological polar surface area (TPSA) is 68.1 Å². The summed E-state index contributed by atoms with van der Waals surface area (Å²) in [5, 5.41) is 15.6. The molecule has 1 N–H and O–H groups in total. The number of nitrogens with zero attached hydrogens (tertiary/aromatic N) is 2. The SMILES string of the molecule is CC(C)CCCC(C)C1CCC2C3CC=C4c5sc(Nc6ccccc6[N+](=O)[O-])nc5CCC4(C)C3CCC12C. The van der Waals surface area contributed by atoms with Crippen LogP contribution in [0.25, 0.3) is 5.57 Å². The predicted molar refractivity (Wildman–Crippen MR) is 166 cm³/mol. The van der Waals surface area contributed by atoms with Crippen molar-refractivity contribution in [3.8, 4) is 0 Å². The minimum atomic E-state index is -0.326. The average molecular weight is 562 g/mol. The van der Waals surface area contributed by atoms with Crippen LogP contribution in [0.1, 0.15) is 103 Å². The highest BCUT2D eigenvalue weighted by Crippen LogP contribution is 2.68. The first kappa shape index (κ1) is 27.9. The number of allylic oxidation sites excluding steroid dienone is 2. The second-order valence-electron chi connectivity index (χ2n) is 14.4.